The first kappa shape index (κ1) is 14.9. The summed E-state index contributed by atoms with van der Waals surface area (Å²) < 4.78 is 8.38. The molecule has 1 aromatic carbocycles. The van der Waals surface area contributed by atoms with Gasteiger partial charge in [-0.15, -0.1) is 0 Å². The fourth-order valence-corrected chi connectivity index (χ4v) is 5.20. The van der Waals surface area contributed by atoms with Crippen LogP contribution in [0, 0.1) is 6.92 Å². The van der Waals surface area contributed by atoms with Crippen molar-refractivity contribution in [1.29, 1.82) is 0 Å². The van der Waals surface area contributed by atoms with Crippen LogP contribution in [0.1, 0.15) is 44.1 Å². The van der Waals surface area contributed by atoms with Crippen LogP contribution in [0.3, 0.4) is 0 Å². The maximum absolute atomic E-state index is 6.11. The Bertz CT molecular complexity index is 474. The molecule has 2 fully saturated rings. The van der Waals surface area contributed by atoms with Crippen LogP contribution in [0.15, 0.2) is 21.1 Å². The number of hydrogen-bond acceptors (Lipinski definition) is 2. The van der Waals surface area contributed by atoms with Gasteiger partial charge in [0.25, 0.3) is 0 Å². The van der Waals surface area contributed by atoms with Crippen molar-refractivity contribution in [3.8, 4) is 0 Å². The molecular formula is C16H21Br2NO. The highest BCUT2D eigenvalue weighted by molar-refractivity contribution is 9.11. The summed E-state index contributed by atoms with van der Waals surface area (Å²) in [6.07, 6.45) is 7.35. The van der Waals surface area contributed by atoms with E-state index in [0.29, 0.717) is 6.04 Å². The average molecular weight is 403 g/mol. The summed E-state index contributed by atoms with van der Waals surface area (Å²) in [5, 5.41) is 3.72. The zero-order valence-corrected chi connectivity index (χ0v) is 15.0. The number of ether oxygens (including phenoxy) is 1. The van der Waals surface area contributed by atoms with Crippen molar-refractivity contribution in [2.45, 2.75) is 57.1 Å². The zero-order valence-electron chi connectivity index (χ0n) is 11.8. The highest BCUT2D eigenvalue weighted by Gasteiger charge is 2.40. The maximum Gasteiger partial charge on any atom is 0.0702 e. The fourth-order valence-electron chi connectivity index (χ4n) is 3.56. The molecule has 0 amide bonds. The number of anilines is 1. The standard InChI is InChI=1S/C16H21Br2NO/c1-11-8-13(17)15(14(18)9-11)19-12-4-7-20-16(10-12)5-2-3-6-16/h8-9,12,19H,2-7,10H2,1H3. The first-order chi connectivity index (χ1) is 9.58. The number of halogens is 2. The summed E-state index contributed by atoms with van der Waals surface area (Å²) >= 11 is 7.35. The van der Waals surface area contributed by atoms with E-state index < -0.39 is 0 Å². The molecule has 110 valence electrons. The lowest BCUT2D eigenvalue weighted by molar-refractivity contribution is -0.0767. The topological polar surface area (TPSA) is 21.3 Å². The molecule has 1 spiro atoms. The SMILES string of the molecule is Cc1cc(Br)c(NC2CCOC3(CCCC3)C2)c(Br)c1. The molecule has 0 radical (unpaired) electrons. The van der Waals surface area contributed by atoms with Crippen molar-refractivity contribution in [1.82, 2.24) is 0 Å². The fraction of sp³-hybridized carbons (Fsp3) is 0.625. The smallest absolute Gasteiger partial charge is 0.0702 e. The Morgan fingerprint density at radius 2 is 1.85 bits per heavy atom. The van der Waals surface area contributed by atoms with E-state index in [2.05, 4.69) is 56.2 Å². The molecule has 1 unspecified atom stereocenters. The molecule has 1 saturated heterocycles. The first-order valence-corrected chi connectivity index (χ1v) is 9.03. The molecular weight excluding hydrogens is 382 g/mol. The lowest BCUT2D eigenvalue weighted by atomic mass is 9.89. The van der Waals surface area contributed by atoms with Gasteiger partial charge in [0.1, 0.15) is 0 Å². The summed E-state index contributed by atoms with van der Waals surface area (Å²) in [4.78, 5) is 0. The van der Waals surface area contributed by atoms with E-state index in [1.54, 1.807) is 0 Å². The highest BCUT2D eigenvalue weighted by Crippen LogP contribution is 2.42. The number of rotatable bonds is 2. The van der Waals surface area contributed by atoms with Gasteiger partial charge in [0.15, 0.2) is 0 Å². The molecule has 1 aromatic rings. The van der Waals surface area contributed by atoms with Crippen LogP contribution >= 0.6 is 31.9 Å². The third-order valence-electron chi connectivity index (χ3n) is 4.54. The molecule has 2 aliphatic rings. The van der Waals surface area contributed by atoms with Crippen molar-refractivity contribution < 1.29 is 4.74 Å². The van der Waals surface area contributed by atoms with E-state index in [9.17, 15) is 0 Å². The average Bonchev–Trinajstić information content (AvgIpc) is 2.82. The van der Waals surface area contributed by atoms with Crippen LogP contribution in [0.25, 0.3) is 0 Å². The minimum atomic E-state index is 0.166. The second-order valence-electron chi connectivity index (χ2n) is 6.18. The number of aryl methyl sites for hydroxylation is 1. The molecule has 2 nitrogen and oxygen atoms in total. The Morgan fingerprint density at radius 1 is 1.20 bits per heavy atom. The molecule has 1 heterocycles. The van der Waals surface area contributed by atoms with E-state index in [1.807, 2.05) is 0 Å². The van der Waals surface area contributed by atoms with E-state index in [0.717, 1.165) is 28.4 Å². The van der Waals surface area contributed by atoms with Crippen LogP contribution in [0.5, 0.6) is 0 Å². The lowest BCUT2D eigenvalue weighted by Crippen LogP contribution is -2.42. The van der Waals surface area contributed by atoms with E-state index in [-0.39, 0.29) is 5.60 Å². The molecule has 1 aliphatic heterocycles. The van der Waals surface area contributed by atoms with Crippen molar-refractivity contribution in [2.24, 2.45) is 0 Å². The predicted molar refractivity (Wildman–Crippen MR) is 90.4 cm³/mol. The predicted octanol–water partition coefficient (Wildman–Crippen LogP) is 5.42. The summed E-state index contributed by atoms with van der Waals surface area (Å²) in [5.74, 6) is 0. The van der Waals surface area contributed by atoms with E-state index in [4.69, 9.17) is 4.74 Å². The third kappa shape index (κ3) is 3.07. The number of hydrogen-bond donors (Lipinski definition) is 1. The highest BCUT2D eigenvalue weighted by atomic mass is 79.9. The molecule has 4 heteroatoms. The maximum atomic E-state index is 6.11. The quantitative estimate of drug-likeness (QED) is 0.712. The first-order valence-electron chi connectivity index (χ1n) is 7.44. The third-order valence-corrected chi connectivity index (χ3v) is 5.79. The summed E-state index contributed by atoms with van der Waals surface area (Å²) in [6, 6.07) is 4.84. The lowest BCUT2D eigenvalue weighted by Gasteiger charge is -2.39. The number of benzene rings is 1. The minimum Gasteiger partial charge on any atom is -0.380 e. The summed E-state index contributed by atoms with van der Waals surface area (Å²) in [5.41, 5.74) is 2.60. The van der Waals surface area contributed by atoms with E-state index >= 15 is 0 Å². The Hall–Kier alpha value is -0.0600. The molecule has 1 N–H and O–H groups in total. The number of nitrogens with one attached hydrogen (secondary N) is 1. The Morgan fingerprint density at radius 3 is 2.50 bits per heavy atom. The van der Waals surface area contributed by atoms with E-state index in [1.165, 1.54) is 36.9 Å². The van der Waals surface area contributed by atoms with Gasteiger partial charge in [-0.1, -0.05) is 12.8 Å². The van der Waals surface area contributed by atoms with Crippen LogP contribution < -0.4 is 5.32 Å². The molecule has 1 saturated carbocycles. The molecule has 1 atom stereocenters. The minimum absolute atomic E-state index is 0.166. The monoisotopic (exact) mass is 401 g/mol. The second kappa shape index (κ2) is 5.98. The van der Waals surface area contributed by atoms with Gasteiger partial charge in [-0.2, -0.15) is 0 Å². The van der Waals surface area contributed by atoms with Gasteiger partial charge in [0.05, 0.1) is 11.3 Å². The molecule has 1 aliphatic carbocycles. The van der Waals surface area contributed by atoms with Crippen molar-refractivity contribution in [3.05, 3.63) is 26.6 Å². The summed E-state index contributed by atoms with van der Waals surface area (Å²) in [6.45, 7) is 3.00. The van der Waals surface area contributed by atoms with Gasteiger partial charge in [-0.05, 0) is 82.2 Å². The Kier molecular flexibility index (Phi) is 4.44. The van der Waals surface area contributed by atoms with Gasteiger partial charge in [-0.3, -0.25) is 0 Å². The summed E-state index contributed by atoms with van der Waals surface area (Å²) in [7, 11) is 0. The van der Waals surface area contributed by atoms with Gasteiger partial charge in [0, 0.05) is 21.6 Å². The molecule has 3 rings (SSSR count). The Balaban J connectivity index is 1.74. The second-order valence-corrected chi connectivity index (χ2v) is 7.88. The van der Waals surface area contributed by atoms with Gasteiger partial charge in [-0.25, -0.2) is 0 Å². The van der Waals surface area contributed by atoms with Gasteiger partial charge >= 0.3 is 0 Å². The Labute approximate surface area is 137 Å². The van der Waals surface area contributed by atoms with Crippen LogP contribution in [-0.4, -0.2) is 18.2 Å². The van der Waals surface area contributed by atoms with Crippen molar-refractivity contribution in [3.63, 3.8) is 0 Å². The van der Waals surface area contributed by atoms with Crippen molar-refractivity contribution >= 4 is 37.5 Å². The molecule has 0 aromatic heterocycles. The molecule has 0 bridgehead atoms. The van der Waals surface area contributed by atoms with Gasteiger partial charge in [0.2, 0.25) is 0 Å². The normalized spacial score (nSPS) is 25.1. The largest absolute Gasteiger partial charge is 0.380 e. The molecule has 20 heavy (non-hydrogen) atoms. The van der Waals surface area contributed by atoms with Crippen LogP contribution in [-0.2, 0) is 4.74 Å². The van der Waals surface area contributed by atoms with Crippen LogP contribution in [0.2, 0.25) is 0 Å². The van der Waals surface area contributed by atoms with Gasteiger partial charge < -0.3 is 10.1 Å². The van der Waals surface area contributed by atoms with Crippen molar-refractivity contribution in [2.75, 3.05) is 11.9 Å². The van der Waals surface area contributed by atoms with Crippen LogP contribution in [0.4, 0.5) is 5.69 Å². The zero-order chi connectivity index (χ0) is 14.2.